The molecule has 21 heavy (non-hydrogen) atoms. The summed E-state index contributed by atoms with van der Waals surface area (Å²) in [4.78, 5) is -0.952. The molecule has 0 aliphatic carbocycles. The first kappa shape index (κ1) is 15.6. The molecule has 0 aliphatic rings. The third-order valence-electron chi connectivity index (χ3n) is 2.87. The molecule has 0 amide bonds. The molecule has 2 aromatic rings. The maximum atomic E-state index is 12.8. The van der Waals surface area contributed by atoms with Gasteiger partial charge >= 0.3 is 0 Å². The Morgan fingerprint density at radius 1 is 0.905 bits per heavy atom. The van der Waals surface area contributed by atoms with Gasteiger partial charge in [0.2, 0.25) is 9.84 Å². The zero-order valence-corrected chi connectivity index (χ0v) is 12.4. The molecule has 0 bridgehead atoms. The van der Waals surface area contributed by atoms with Gasteiger partial charge in [0.1, 0.15) is 5.82 Å². The second kappa shape index (κ2) is 5.21. The quantitative estimate of drug-likeness (QED) is 0.688. The summed E-state index contributed by atoms with van der Waals surface area (Å²) in [5.41, 5.74) is 0.218. The van der Waals surface area contributed by atoms with Gasteiger partial charge in [-0.05, 0) is 48.9 Å². The first-order valence-electron chi connectivity index (χ1n) is 5.71. The van der Waals surface area contributed by atoms with E-state index in [-0.39, 0.29) is 15.4 Å². The van der Waals surface area contributed by atoms with Crippen molar-refractivity contribution in [2.45, 2.75) is 21.6 Å². The number of halogens is 1. The Morgan fingerprint density at radius 3 is 1.95 bits per heavy atom. The fourth-order valence-electron chi connectivity index (χ4n) is 1.78. The highest BCUT2D eigenvalue weighted by Gasteiger charge is 2.22. The Hall–Kier alpha value is -1.77. The van der Waals surface area contributed by atoms with Crippen LogP contribution in [-0.4, -0.2) is 21.4 Å². The van der Waals surface area contributed by atoms with Crippen molar-refractivity contribution in [2.75, 3.05) is 0 Å². The van der Waals surface area contributed by atoms with E-state index in [4.69, 9.17) is 4.55 Å². The van der Waals surface area contributed by atoms with Crippen LogP contribution in [0.25, 0.3) is 0 Å². The van der Waals surface area contributed by atoms with E-state index in [1.54, 1.807) is 0 Å². The normalized spacial score (nSPS) is 12.3. The van der Waals surface area contributed by atoms with Gasteiger partial charge in [0.05, 0.1) is 14.7 Å². The van der Waals surface area contributed by atoms with Crippen LogP contribution in [0.5, 0.6) is 0 Å². The van der Waals surface area contributed by atoms with Crippen LogP contribution in [0.4, 0.5) is 4.39 Å². The number of sulfone groups is 1. The van der Waals surface area contributed by atoms with E-state index in [0.717, 1.165) is 30.3 Å². The standard InChI is InChI=1S/C13H11FO5S2/c1-9-2-5-12(8-13(9)21(17,18)19)20(15,16)11-6-3-10(14)4-7-11/h2-8H,1H3,(H,17,18,19). The zero-order chi connectivity index (χ0) is 15.8. The molecule has 112 valence electrons. The zero-order valence-electron chi connectivity index (χ0n) is 10.8. The number of hydrogen-bond acceptors (Lipinski definition) is 4. The van der Waals surface area contributed by atoms with Gasteiger partial charge in [-0.2, -0.15) is 8.42 Å². The van der Waals surface area contributed by atoms with Crippen molar-refractivity contribution in [1.82, 2.24) is 0 Å². The minimum Gasteiger partial charge on any atom is -0.282 e. The van der Waals surface area contributed by atoms with Crippen molar-refractivity contribution in [1.29, 1.82) is 0 Å². The van der Waals surface area contributed by atoms with Crippen LogP contribution in [0.2, 0.25) is 0 Å². The SMILES string of the molecule is Cc1ccc(S(=O)(=O)c2ccc(F)cc2)cc1S(=O)(=O)O. The minimum atomic E-state index is -4.53. The highest BCUT2D eigenvalue weighted by molar-refractivity contribution is 7.91. The maximum Gasteiger partial charge on any atom is 0.294 e. The molecule has 0 aliphatic heterocycles. The Bertz CT molecular complexity index is 885. The molecule has 0 saturated carbocycles. The van der Waals surface area contributed by atoms with Crippen LogP contribution in [0.1, 0.15) is 5.56 Å². The van der Waals surface area contributed by atoms with Crippen molar-refractivity contribution in [3.63, 3.8) is 0 Å². The molecule has 5 nitrogen and oxygen atoms in total. The topological polar surface area (TPSA) is 88.5 Å². The van der Waals surface area contributed by atoms with E-state index < -0.39 is 30.7 Å². The van der Waals surface area contributed by atoms with Crippen LogP contribution in [0.3, 0.4) is 0 Å². The summed E-state index contributed by atoms with van der Waals surface area (Å²) in [7, 11) is -8.53. The number of hydrogen-bond donors (Lipinski definition) is 1. The summed E-state index contributed by atoms with van der Waals surface area (Å²) in [6, 6.07) is 7.52. The van der Waals surface area contributed by atoms with Gasteiger partial charge in [-0.1, -0.05) is 6.07 Å². The van der Waals surface area contributed by atoms with Gasteiger partial charge < -0.3 is 0 Å². The monoisotopic (exact) mass is 330 g/mol. The van der Waals surface area contributed by atoms with Crippen molar-refractivity contribution >= 4 is 20.0 Å². The van der Waals surface area contributed by atoms with Crippen molar-refractivity contribution < 1.29 is 25.8 Å². The van der Waals surface area contributed by atoms with Gasteiger partial charge in [0.25, 0.3) is 10.1 Å². The number of rotatable bonds is 3. The second-order valence-corrected chi connectivity index (χ2v) is 7.70. The van der Waals surface area contributed by atoms with Crippen molar-refractivity contribution in [3.8, 4) is 0 Å². The van der Waals surface area contributed by atoms with Crippen molar-refractivity contribution in [2.24, 2.45) is 0 Å². The fourth-order valence-corrected chi connectivity index (χ4v) is 3.89. The first-order chi connectivity index (χ1) is 9.62. The van der Waals surface area contributed by atoms with E-state index in [1.807, 2.05) is 0 Å². The third kappa shape index (κ3) is 3.12. The molecular formula is C13H11FO5S2. The molecule has 8 heteroatoms. The molecule has 2 aromatic carbocycles. The van der Waals surface area contributed by atoms with E-state index in [0.29, 0.717) is 0 Å². The highest BCUT2D eigenvalue weighted by Crippen LogP contribution is 2.25. The van der Waals surface area contributed by atoms with Crippen LogP contribution < -0.4 is 0 Å². The van der Waals surface area contributed by atoms with Gasteiger partial charge in [-0.25, -0.2) is 12.8 Å². The second-order valence-electron chi connectivity index (χ2n) is 4.36. The minimum absolute atomic E-state index is 0.172. The summed E-state index contributed by atoms with van der Waals surface area (Å²) in [5.74, 6) is -0.587. The number of benzene rings is 2. The van der Waals surface area contributed by atoms with Gasteiger partial charge in [-0.3, -0.25) is 4.55 Å². The molecule has 0 atom stereocenters. The lowest BCUT2D eigenvalue weighted by molar-refractivity contribution is 0.482. The Morgan fingerprint density at radius 2 is 1.43 bits per heavy atom. The van der Waals surface area contributed by atoms with Crippen LogP contribution in [0.15, 0.2) is 57.2 Å². The largest absolute Gasteiger partial charge is 0.294 e. The van der Waals surface area contributed by atoms with Crippen LogP contribution >= 0.6 is 0 Å². The van der Waals surface area contributed by atoms with E-state index in [1.165, 1.54) is 19.1 Å². The lowest BCUT2D eigenvalue weighted by Crippen LogP contribution is -2.06. The first-order valence-corrected chi connectivity index (χ1v) is 8.63. The van der Waals surface area contributed by atoms with Gasteiger partial charge in [-0.15, -0.1) is 0 Å². The summed E-state index contributed by atoms with van der Waals surface area (Å²) < 4.78 is 69.1. The fraction of sp³-hybridized carbons (Fsp3) is 0.0769. The predicted molar refractivity (Wildman–Crippen MR) is 72.8 cm³/mol. The molecule has 0 radical (unpaired) electrons. The molecule has 0 heterocycles. The van der Waals surface area contributed by atoms with Crippen molar-refractivity contribution in [3.05, 3.63) is 53.8 Å². The molecule has 2 rings (SSSR count). The lowest BCUT2D eigenvalue weighted by Gasteiger charge is -2.08. The average molecular weight is 330 g/mol. The lowest BCUT2D eigenvalue weighted by atomic mass is 10.2. The maximum absolute atomic E-state index is 12.8. The predicted octanol–water partition coefficient (Wildman–Crippen LogP) is 2.21. The molecule has 0 spiro atoms. The van der Waals surface area contributed by atoms with Crippen LogP contribution in [0, 0.1) is 12.7 Å². The summed E-state index contributed by atoms with van der Waals surface area (Å²) >= 11 is 0. The molecule has 0 aromatic heterocycles. The van der Waals surface area contributed by atoms with E-state index in [9.17, 15) is 21.2 Å². The van der Waals surface area contributed by atoms with E-state index in [2.05, 4.69) is 0 Å². The third-order valence-corrected chi connectivity index (χ3v) is 5.63. The highest BCUT2D eigenvalue weighted by atomic mass is 32.2. The Balaban J connectivity index is 2.64. The molecular weight excluding hydrogens is 319 g/mol. The average Bonchev–Trinajstić information content (AvgIpc) is 2.38. The molecule has 0 saturated heterocycles. The van der Waals surface area contributed by atoms with Crippen LogP contribution in [-0.2, 0) is 20.0 Å². The smallest absolute Gasteiger partial charge is 0.282 e. The van der Waals surface area contributed by atoms with Gasteiger partial charge in [0, 0.05) is 0 Å². The Kier molecular flexibility index (Phi) is 3.87. The summed E-state index contributed by atoms with van der Waals surface area (Å²) in [6.07, 6.45) is 0. The molecule has 1 N–H and O–H groups in total. The Labute approximate surface area is 121 Å². The molecule has 0 unspecified atom stereocenters. The van der Waals surface area contributed by atoms with E-state index >= 15 is 0 Å². The number of aryl methyl sites for hydroxylation is 1. The molecule has 0 fully saturated rings. The van der Waals surface area contributed by atoms with Gasteiger partial charge in [0.15, 0.2) is 0 Å². The summed E-state index contributed by atoms with van der Waals surface area (Å²) in [5, 5.41) is 0. The summed E-state index contributed by atoms with van der Waals surface area (Å²) in [6.45, 7) is 1.43.